The predicted octanol–water partition coefficient (Wildman–Crippen LogP) is 2.31. The van der Waals surface area contributed by atoms with Crippen molar-refractivity contribution in [1.82, 2.24) is 10.2 Å². The first-order valence-corrected chi connectivity index (χ1v) is 6.70. The summed E-state index contributed by atoms with van der Waals surface area (Å²) in [6.07, 6.45) is 0. The number of anilines is 2. The van der Waals surface area contributed by atoms with Gasteiger partial charge in [-0.2, -0.15) is 0 Å². The molecule has 21 heavy (non-hydrogen) atoms. The van der Waals surface area contributed by atoms with Gasteiger partial charge in [0.25, 0.3) is 5.91 Å². The van der Waals surface area contributed by atoms with E-state index in [2.05, 4.69) is 20.8 Å². The van der Waals surface area contributed by atoms with Crippen LogP contribution in [0.25, 0.3) is 0 Å². The maximum atomic E-state index is 12.2. The zero-order valence-corrected chi connectivity index (χ0v) is 12.1. The Morgan fingerprint density at radius 1 is 1.19 bits per heavy atom. The van der Waals surface area contributed by atoms with E-state index in [0.29, 0.717) is 18.1 Å². The fourth-order valence-corrected chi connectivity index (χ4v) is 1.84. The van der Waals surface area contributed by atoms with E-state index in [1.54, 1.807) is 19.2 Å². The Bertz CT molecular complexity index is 599. The molecular formula is C15H18N4O2. The van der Waals surface area contributed by atoms with Gasteiger partial charge in [0, 0.05) is 24.9 Å². The van der Waals surface area contributed by atoms with Crippen LogP contribution >= 0.6 is 0 Å². The van der Waals surface area contributed by atoms with Crippen molar-refractivity contribution in [1.29, 1.82) is 0 Å². The summed E-state index contributed by atoms with van der Waals surface area (Å²) in [6, 6.07) is 10.8. The predicted molar refractivity (Wildman–Crippen MR) is 81.3 cm³/mol. The van der Waals surface area contributed by atoms with Gasteiger partial charge in [-0.1, -0.05) is 18.2 Å². The van der Waals surface area contributed by atoms with Crippen LogP contribution in [0.4, 0.5) is 11.5 Å². The molecule has 1 aromatic heterocycles. The second-order valence-corrected chi connectivity index (χ2v) is 4.38. The van der Waals surface area contributed by atoms with Gasteiger partial charge in [-0.15, -0.1) is 10.2 Å². The molecule has 0 saturated carbocycles. The van der Waals surface area contributed by atoms with Crippen molar-refractivity contribution in [3.8, 4) is 0 Å². The highest BCUT2D eigenvalue weighted by molar-refractivity contribution is 6.03. The minimum absolute atomic E-state index is 0.267. The quantitative estimate of drug-likeness (QED) is 0.852. The third-order valence-electron chi connectivity index (χ3n) is 2.82. The molecule has 0 spiro atoms. The van der Waals surface area contributed by atoms with Gasteiger partial charge in [-0.3, -0.25) is 4.79 Å². The Kier molecular flexibility index (Phi) is 5.22. The molecule has 0 aliphatic carbocycles. The zero-order valence-electron chi connectivity index (χ0n) is 12.1. The molecule has 110 valence electrons. The van der Waals surface area contributed by atoms with Gasteiger partial charge in [-0.05, 0) is 25.1 Å². The van der Waals surface area contributed by atoms with Gasteiger partial charge < -0.3 is 15.4 Å². The van der Waals surface area contributed by atoms with E-state index in [1.807, 2.05) is 31.2 Å². The molecule has 2 rings (SSSR count). The molecule has 0 fully saturated rings. The molecule has 2 aromatic rings. The number of amides is 1. The van der Waals surface area contributed by atoms with Gasteiger partial charge in [0.05, 0.1) is 6.61 Å². The first-order valence-electron chi connectivity index (χ1n) is 6.70. The lowest BCUT2D eigenvalue weighted by molar-refractivity contribution is 0.102. The van der Waals surface area contributed by atoms with E-state index in [0.717, 1.165) is 12.1 Å². The van der Waals surface area contributed by atoms with Crippen LogP contribution in [0.1, 0.15) is 23.0 Å². The van der Waals surface area contributed by atoms with Gasteiger partial charge in [0.1, 0.15) is 5.82 Å². The Balaban J connectivity index is 2.10. The van der Waals surface area contributed by atoms with Crippen LogP contribution < -0.4 is 10.6 Å². The lowest BCUT2D eigenvalue weighted by Gasteiger charge is -2.10. The molecule has 0 aliphatic heterocycles. The topological polar surface area (TPSA) is 76.1 Å². The van der Waals surface area contributed by atoms with Crippen LogP contribution in [0.15, 0.2) is 36.4 Å². The number of ether oxygens (including phenoxy) is 1. The normalized spacial score (nSPS) is 10.2. The SMILES string of the molecule is CCNc1ccc(C(=O)Nc2ccccc2COC)nn1. The van der Waals surface area contributed by atoms with E-state index < -0.39 is 0 Å². The van der Waals surface area contributed by atoms with E-state index in [4.69, 9.17) is 4.74 Å². The number of carbonyl (C=O) groups is 1. The molecule has 0 aliphatic rings. The molecule has 1 amide bonds. The molecule has 2 N–H and O–H groups in total. The van der Waals surface area contributed by atoms with E-state index in [9.17, 15) is 4.79 Å². The summed E-state index contributed by atoms with van der Waals surface area (Å²) in [7, 11) is 1.61. The van der Waals surface area contributed by atoms with Crippen molar-refractivity contribution < 1.29 is 9.53 Å². The number of methoxy groups -OCH3 is 1. The smallest absolute Gasteiger partial charge is 0.276 e. The fraction of sp³-hybridized carbons (Fsp3) is 0.267. The Hall–Kier alpha value is -2.47. The molecule has 6 nitrogen and oxygen atoms in total. The Morgan fingerprint density at radius 3 is 2.67 bits per heavy atom. The highest BCUT2D eigenvalue weighted by Gasteiger charge is 2.10. The van der Waals surface area contributed by atoms with Crippen LogP contribution in [0, 0.1) is 0 Å². The summed E-state index contributed by atoms with van der Waals surface area (Å²) < 4.78 is 5.11. The van der Waals surface area contributed by atoms with Gasteiger partial charge >= 0.3 is 0 Å². The highest BCUT2D eigenvalue weighted by Crippen LogP contribution is 2.16. The summed E-state index contributed by atoms with van der Waals surface area (Å²) in [5.41, 5.74) is 1.89. The minimum atomic E-state index is -0.297. The van der Waals surface area contributed by atoms with E-state index >= 15 is 0 Å². The van der Waals surface area contributed by atoms with Crippen LogP contribution in [-0.4, -0.2) is 29.8 Å². The number of carbonyl (C=O) groups excluding carboxylic acids is 1. The number of benzene rings is 1. The van der Waals surface area contributed by atoms with Crippen LogP contribution in [0.2, 0.25) is 0 Å². The number of para-hydroxylation sites is 1. The van der Waals surface area contributed by atoms with Crippen molar-refractivity contribution in [2.24, 2.45) is 0 Å². The molecule has 0 atom stereocenters. The first-order chi connectivity index (χ1) is 10.2. The number of rotatable bonds is 6. The largest absolute Gasteiger partial charge is 0.380 e. The Labute approximate surface area is 123 Å². The molecule has 0 unspecified atom stereocenters. The monoisotopic (exact) mass is 286 g/mol. The van der Waals surface area contributed by atoms with Crippen molar-refractivity contribution in [3.05, 3.63) is 47.7 Å². The van der Waals surface area contributed by atoms with Gasteiger partial charge in [0.15, 0.2) is 5.69 Å². The third-order valence-corrected chi connectivity index (χ3v) is 2.82. The summed E-state index contributed by atoms with van der Waals surface area (Å²) in [5.74, 6) is 0.350. The number of nitrogens with zero attached hydrogens (tertiary/aromatic N) is 2. The van der Waals surface area contributed by atoms with E-state index in [-0.39, 0.29) is 11.6 Å². The maximum Gasteiger partial charge on any atom is 0.276 e. The summed E-state index contributed by atoms with van der Waals surface area (Å²) >= 11 is 0. The van der Waals surface area contributed by atoms with E-state index in [1.165, 1.54) is 0 Å². The molecule has 1 heterocycles. The van der Waals surface area contributed by atoms with Crippen molar-refractivity contribution in [2.45, 2.75) is 13.5 Å². The molecule has 0 radical (unpaired) electrons. The molecular weight excluding hydrogens is 268 g/mol. The molecule has 0 saturated heterocycles. The third kappa shape index (κ3) is 4.00. The highest BCUT2D eigenvalue weighted by atomic mass is 16.5. The van der Waals surface area contributed by atoms with Crippen LogP contribution in [0.5, 0.6) is 0 Å². The molecule has 0 bridgehead atoms. The summed E-state index contributed by atoms with van der Waals surface area (Å²) in [6.45, 7) is 3.15. The lowest BCUT2D eigenvalue weighted by Crippen LogP contribution is -2.16. The molecule has 1 aromatic carbocycles. The lowest BCUT2D eigenvalue weighted by atomic mass is 10.2. The average molecular weight is 286 g/mol. The average Bonchev–Trinajstić information content (AvgIpc) is 2.50. The van der Waals surface area contributed by atoms with Crippen LogP contribution in [0.3, 0.4) is 0 Å². The summed E-state index contributed by atoms with van der Waals surface area (Å²) in [4.78, 5) is 12.2. The number of nitrogens with one attached hydrogen (secondary N) is 2. The second kappa shape index (κ2) is 7.35. The Morgan fingerprint density at radius 2 is 2.00 bits per heavy atom. The second-order valence-electron chi connectivity index (χ2n) is 4.38. The fourth-order valence-electron chi connectivity index (χ4n) is 1.84. The standard InChI is InChI=1S/C15H18N4O2/c1-3-16-14-9-8-13(18-19-14)15(20)17-12-7-5-4-6-11(12)10-21-2/h4-9H,3,10H2,1-2H3,(H,16,19)(H,17,20). The van der Waals surface area contributed by atoms with Crippen molar-refractivity contribution in [3.63, 3.8) is 0 Å². The van der Waals surface area contributed by atoms with Crippen molar-refractivity contribution >= 4 is 17.4 Å². The molecule has 6 heteroatoms. The summed E-state index contributed by atoms with van der Waals surface area (Å²) in [5, 5.41) is 13.7. The van der Waals surface area contributed by atoms with Crippen LogP contribution in [-0.2, 0) is 11.3 Å². The number of hydrogen-bond acceptors (Lipinski definition) is 5. The van der Waals surface area contributed by atoms with Crippen molar-refractivity contribution in [2.75, 3.05) is 24.3 Å². The minimum Gasteiger partial charge on any atom is -0.380 e. The van der Waals surface area contributed by atoms with Gasteiger partial charge in [0.2, 0.25) is 0 Å². The number of aromatic nitrogens is 2. The number of hydrogen-bond donors (Lipinski definition) is 2. The first kappa shape index (κ1) is 14.9. The zero-order chi connectivity index (χ0) is 15.1. The van der Waals surface area contributed by atoms with Gasteiger partial charge in [-0.25, -0.2) is 0 Å². The maximum absolute atomic E-state index is 12.2.